The number of hydrogen-bond acceptors (Lipinski definition) is 4. The molecule has 6 heteroatoms. The summed E-state index contributed by atoms with van der Waals surface area (Å²) in [5.41, 5.74) is 2.25. The van der Waals surface area contributed by atoms with E-state index in [0.717, 1.165) is 18.7 Å². The average Bonchev–Trinajstić information content (AvgIpc) is 2.85. The first kappa shape index (κ1) is 15.9. The molecule has 0 saturated carbocycles. The zero-order valence-electron chi connectivity index (χ0n) is 12.7. The van der Waals surface area contributed by atoms with Crippen LogP contribution in [0.5, 0.6) is 0 Å². The lowest BCUT2D eigenvalue weighted by atomic mass is 9.91. The van der Waals surface area contributed by atoms with E-state index in [0.29, 0.717) is 18.1 Å². The maximum Gasteiger partial charge on any atom is 0.236 e. The number of sulfone groups is 1. The molecular weight excluding hydrogens is 318 g/mol. The largest absolute Gasteiger partial charge is 0.311 e. The first-order valence-corrected chi connectivity index (χ1v) is 10.5. The molecule has 1 aromatic carbocycles. The van der Waals surface area contributed by atoms with Gasteiger partial charge in [-0.15, -0.1) is 11.8 Å². The van der Waals surface area contributed by atoms with Crippen LogP contribution in [0.2, 0.25) is 0 Å². The second kappa shape index (κ2) is 6.24. The number of anilines is 1. The molecule has 0 aliphatic carbocycles. The van der Waals surface area contributed by atoms with Crippen molar-refractivity contribution in [1.82, 2.24) is 0 Å². The topological polar surface area (TPSA) is 54.5 Å². The molecule has 2 aliphatic rings. The Kier molecular flexibility index (Phi) is 4.50. The third-order valence-electron chi connectivity index (χ3n) is 4.48. The number of rotatable bonds is 3. The second-order valence-electron chi connectivity index (χ2n) is 6.13. The highest BCUT2D eigenvalue weighted by atomic mass is 32.2. The number of fused-ring (bicyclic) bond motifs is 1. The fraction of sp³-hybridized carbons (Fsp3) is 0.562. The van der Waals surface area contributed by atoms with E-state index in [1.807, 2.05) is 23.1 Å². The van der Waals surface area contributed by atoms with Crippen molar-refractivity contribution in [3.05, 3.63) is 29.8 Å². The van der Waals surface area contributed by atoms with Gasteiger partial charge in [-0.1, -0.05) is 25.1 Å². The Morgan fingerprint density at radius 3 is 2.82 bits per heavy atom. The van der Waals surface area contributed by atoms with E-state index in [1.54, 1.807) is 0 Å². The first-order valence-electron chi connectivity index (χ1n) is 7.67. The average molecular weight is 339 g/mol. The van der Waals surface area contributed by atoms with Crippen molar-refractivity contribution in [2.45, 2.75) is 30.9 Å². The minimum absolute atomic E-state index is 0.0768. The maximum atomic E-state index is 12.5. The fourth-order valence-electron chi connectivity index (χ4n) is 3.17. The van der Waals surface area contributed by atoms with Crippen molar-refractivity contribution in [3.63, 3.8) is 0 Å². The zero-order valence-corrected chi connectivity index (χ0v) is 14.3. The van der Waals surface area contributed by atoms with Gasteiger partial charge in [0.1, 0.15) is 0 Å². The molecule has 1 saturated heterocycles. The normalized spacial score (nSPS) is 26.7. The van der Waals surface area contributed by atoms with Crippen molar-refractivity contribution in [1.29, 1.82) is 0 Å². The highest BCUT2D eigenvalue weighted by molar-refractivity contribution is 8.02. The maximum absolute atomic E-state index is 12.5. The number of benzene rings is 1. The third-order valence-corrected chi connectivity index (χ3v) is 7.74. The summed E-state index contributed by atoms with van der Waals surface area (Å²) in [5.74, 6) is 1.42. The van der Waals surface area contributed by atoms with Gasteiger partial charge in [-0.05, 0) is 30.4 Å². The summed E-state index contributed by atoms with van der Waals surface area (Å²) in [6.07, 6.45) is 1.65. The zero-order chi connectivity index (χ0) is 15.7. The highest BCUT2D eigenvalue weighted by Gasteiger charge is 2.30. The van der Waals surface area contributed by atoms with E-state index in [4.69, 9.17) is 0 Å². The molecule has 0 N–H and O–H groups in total. The molecule has 22 heavy (non-hydrogen) atoms. The number of para-hydroxylation sites is 1. The van der Waals surface area contributed by atoms with Crippen molar-refractivity contribution >= 4 is 33.2 Å². The van der Waals surface area contributed by atoms with Crippen LogP contribution >= 0.6 is 11.8 Å². The van der Waals surface area contributed by atoms with E-state index in [9.17, 15) is 13.2 Å². The molecule has 0 aromatic heterocycles. The van der Waals surface area contributed by atoms with Crippen LogP contribution in [0.25, 0.3) is 0 Å². The summed E-state index contributed by atoms with van der Waals surface area (Å²) in [6.45, 7) is 2.94. The Labute approximate surface area is 136 Å². The SMILES string of the molecule is CC1CCN(C(=O)CSC2CCS(=O)(=O)C2)c2ccccc21. The number of thioether (sulfide) groups is 1. The predicted octanol–water partition coefficient (Wildman–Crippen LogP) is 2.45. The van der Waals surface area contributed by atoms with Crippen molar-refractivity contribution in [2.75, 3.05) is 28.7 Å². The van der Waals surface area contributed by atoms with Gasteiger partial charge in [0, 0.05) is 17.5 Å². The number of hydrogen-bond donors (Lipinski definition) is 0. The van der Waals surface area contributed by atoms with Crippen molar-refractivity contribution in [3.8, 4) is 0 Å². The van der Waals surface area contributed by atoms with E-state index < -0.39 is 9.84 Å². The molecule has 1 aromatic rings. The van der Waals surface area contributed by atoms with Gasteiger partial charge in [0.15, 0.2) is 9.84 Å². The van der Waals surface area contributed by atoms with Crippen LogP contribution in [-0.2, 0) is 14.6 Å². The van der Waals surface area contributed by atoms with E-state index in [1.165, 1.54) is 17.3 Å². The Morgan fingerprint density at radius 2 is 2.09 bits per heavy atom. The summed E-state index contributed by atoms with van der Waals surface area (Å²) < 4.78 is 23.0. The van der Waals surface area contributed by atoms with Gasteiger partial charge in [0.2, 0.25) is 5.91 Å². The molecule has 3 rings (SSSR count). The molecular formula is C16H21NO3S2. The number of carbonyl (C=O) groups is 1. The van der Waals surface area contributed by atoms with Gasteiger partial charge in [-0.3, -0.25) is 4.79 Å². The van der Waals surface area contributed by atoms with Crippen LogP contribution in [0.15, 0.2) is 24.3 Å². The molecule has 0 spiro atoms. The monoisotopic (exact) mass is 339 g/mol. The molecule has 2 aliphatic heterocycles. The Hall–Kier alpha value is -1.01. The minimum Gasteiger partial charge on any atom is -0.311 e. The molecule has 1 amide bonds. The van der Waals surface area contributed by atoms with E-state index in [2.05, 4.69) is 13.0 Å². The van der Waals surface area contributed by atoms with Crippen molar-refractivity contribution in [2.24, 2.45) is 0 Å². The Bertz CT molecular complexity index is 672. The van der Waals surface area contributed by atoms with Gasteiger partial charge in [0.05, 0.1) is 17.3 Å². The lowest BCUT2D eigenvalue weighted by Gasteiger charge is -2.33. The fourth-order valence-corrected chi connectivity index (χ4v) is 6.69. The van der Waals surface area contributed by atoms with Crippen LogP contribution in [0.1, 0.15) is 31.2 Å². The molecule has 4 nitrogen and oxygen atoms in total. The molecule has 1 fully saturated rings. The highest BCUT2D eigenvalue weighted by Crippen LogP contribution is 2.35. The molecule has 0 bridgehead atoms. The van der Waals surface area contributed by atoms with Crippen LogP contribution in [0.3, 0.4) is 0 Å². The van der Waals surface area contributed by atoms with Gasteiger partial charge >= 0.3 is 0 Å². The molecule has 120 valence electrons. The Balaban J connectivity index is 1.65. The molecule has 2 unspecified atom stereocenters. The van der Waals surface area contributed by atoms with Gasteiger partial charge in [0.25, 0.3) is 0 Å². The summed E-state index contributed by atoms with van der Waals surface area (Å²) in [7, 11) is -2.87. The summed E-state index contributed by atoms with van der Waals surface area (Å²) >= 11 is 1.49. The summed E-state index contributed by atoms with van der Waals surface area (Å²) in [5, 5.41) is 0.0768. The summed E-state index contributed by atoms with van der Waals surface area (Å²) in [6, 6.07) is 8.08. The third kappa shape index (κ3) is 3.33. The van der Waals surface area contributed by atoms with Crippen molar-refractivity contribution < 1.29 is 13.2 Å². The van der Waals surface area contributed by atoms with E-state index >= 15 is 0 Å². The van der Waals surface area contributed by atoms with Gasteiger partial charge < -0.3 is 4.90 Å². The predicted molar refractivity (Wildman–Crippen MR) is 91.3 cm³/mol. The number of nitrogens with zero attached hydrogens (tertiary/aromatic N) is 1. The number of carbonyl (C=O) groups excluding carboxylic acids is 1. The number of amides is 1. The van der Waals surface area contributed by atoms with Crippen LogP contribution < -0.4 is 4.90 Å². The first-order chi connectivity index (χ1) is 10.5. The lowest BCUT2D eigenvalue weighted by molar-refractivity contribution is -0.116. The Morgan fingerprint density at radius 1 is 1.32 bits per heavy atom. The van der Waals surface area contributed by atoms with Crippen LogP contribution in [0.4, 0.5) is 5.69 Å². The van der Waals surface area contributed by atoms with E-state index in [-0.39, 0.29) is 22.7 Å². The van der Waals surface area contributed by atoms with Gasteiger partial charge in [-0.2, -0.15) is 0 Å². The summed E-state index contributed by atoms with van der Waals surface area (Å²) in [4.78, 5) is 14.4. The molecule has 2 atom stereocenters. The molecule has 2 heterocycles. The van der Waals surface area contributed by atoms with Gasteiger partial charge in [-0.25, -0.2) is 8.42 Å². The quantitative estimate of drug-likeness (QED) is 0.849. The second-order valence-corrected chi connectivity index (χ2v) is 9.65. The van der Waals surface area contributed by atoms with Crippen LogP contribution in [-0.4, -0.2) is 43.4 Å². The van der Waals surface area contributed by atoms with Crippen LogP contribution in [0, 0.1) is 0 Å². The lowest BCUT2D eigenvalue weighted by Crippen LogP contribution is -2.37. The minimum atomic E-state index is -2.87. The standard InChI is InChI=1S/C16H21NO3S2/c1-12-6-8-17(15-5-3-2-4-14(12)15)16(18)10-21-13-7-9-22(19,20)11-13/h2-5,12-13H,6-11H2,1H3. The smallest absolute Gasteiger partial charge is 0.236 e. The molecule has 0 radical (unpaired) electrons.